The predicted octanol–water partition coefficient (Wildman–Crippen LogP) is 11.8. The third-order valence-corrected chi connectivity index (χ3v) is 10.5. The first-order valence-electron chi connectivity index (χ1n) is 16.3. The van der Waals surface area contributed by atoms with E-state index < -0.39 is 0 Å². The minimum Gasteiger partial charge on any atom is -0.245 e. The van der Waals surface area contributed by atoms with Crippen LogP contribution in [0.25, 0.3) is 98.0 Å². The molecule has 0 amide bonds. The van der Waals surface area contributed by atoms with Gasteiger partial charge in [-0.25, -0.2) is 19.9 Å². The average Bonchev–Trinajstić information content (AvgIpc) is 3.56. The molecule has 228 valence electrons. The summed E-state index contributed by atoms with van der Waals surface area (Å²) in [6, 6.07) is 54.7. The summed E-state index contributed by atoms with van der Waals surface area (Å²) in [5.41, 5.74) is 11.2. The topological polar surface area (TPSA) is 51.6 Å². The summed E-state index contributed by atoms with van der Waals surface area (Å²) in [5.74, 6) is 0. The van der Waals surface area contributed by atoms with Gasteiger partial charge < -0.3 is 0 Å². The van der Waals surface area contributed by atoms with E-state index in [2.05, 4.69) is 133 Å². The van der Waals surface area contributed by atoms with Crippen molar-refractivity contribution in [1.82, 2.24) is 19.9 Å². The number of hydrogen-bond donors (Lipinski definition) is 0. The SMILES string of the molecule is c1ccc(-c2ccc3ccc4ccc(-c5ccc6nc(-c7ccccc7)c(-c7cccc8c7sc7ccccc78)nc6c5)nc4c3n2)cc1. The molecule has 4 heterocycles. The number of pyridine rings is 2. The van der Waals surface area contributed by atoms with Crippen LogP contribution in [0.4, 0.5) is 0 Å². The molecule has 0 atom stereocenters. The summed E-state index contributed by atoms with van der Waals surface area (Å²) in [7, 11) is 0. The molecule has 4 nitrogen and oxygen atoms in total. The first-order chi connectivity index (χ1) is 24.3. The Labute approximate surface area is 286 Å². The lowest BCUT2D eigenvalue weighted by Crippen LogP contribution is -1.96. The summed E-state index contributed by atoms with van der Waals surface area (Å²) in [6.07, 6.45) is 0. The molecular formula is C44H26N4S. The van der Waals surface area contributed by atoms with Crippen molar-refractivity contribution in [2.45, 2.75) is 0 Å². The number of hydrogen-bond acceptors (Lipinski definition) is 5. The van der Waals surface area contributed by atoms with E-state index in [1.165, 1.54) is 20.2 Å². The molecule has 0 radical (unpaired) electrons. The molecule has 0 N–H and O–H groups in total. The molecule has 10 aromatic rings. The van der Waals surface area contributed by atoms with Crippen LogP contribution in [0.1, 0.15) is 0 Å². The van der Waals surface area contributed by atoms with E-state index in [1.807, 2.05) is 35.6 Å². The quantitative estimate of drug-likeness (QED) is 0.179. The molecule has 0 aliphatic carbocycles. The lowest BCUT2D eigenvalue weighted by molar-refractivity contribution is 1.29. The third kappa shape index (κ3) is 4.66. The van der Waals surface area contributed by atoms with Crippen LogP contribution < -0.4 is 0 Å². The minimum atomic E-state index is 0.828. The molecule has 0 saturated carbocycles. The highest BCUT2D eigenvalue weighted by Crippen LogP contribution is 2.42. The van der Waals surface area contributed by atoms with E-state index in [0.29, 0.717) is 0 Å². The van der Waals surface area contributed by atoms with Crippen LogP contribution in [-0.2, 0) is 0 Å². The van der Waals surface area contributed by atoms with Crippen molar-refractivity contribution in [3.8, 4) is 45.0 Å². The molecule has 0 unspecified atom stereocenters. The molecule has 10 rings (SSSR count). The van der Waals surface area contributed by atoms with Gasteiger partial charge >= 0.3 is 0 Å². The van der Waals surface area contributed by atoms with Gasteiger partial charge in [-0.2, -0.15) is 0 Å². The van der Waals surface area contributed by atoms with E-state index in [1.54, 1.807) is 0 Å². The van der Waals surface area contributed by atoms with Crippen LogP contribution in [0, 0.1) is 0 Å². The van der Waals surface area contributed by atoms with Crippen LogP contribution in [0.5, 0.6) is 0 Å². The van der Waals surface area contributed by atoms with Gasteiger partial charge in [-0.15, -0.1) is 11.3 Å². The van der Waals surface area contributed by atoms with Crippen molar-refractivity contribution < 1.29 is 0 Å². The number of benzene rings is 6. The summed E-state index contributed by atoms with van der Waals surface area (Å²) >= 11 is 1.81. The smallest absolute Gasteiger partial charge is 0.0987 e. The van der Waals surface area contributed by atoms with Gasteiger partial charge in [-0.1, -0.05) is 127 Å². The monoisotopic (exact) mass is 642 g/mol. The molecule has 0 fully saturated rings. The summed E-state index contributed by atoms with van der Waals surface area (Å²) in [4.78, 5) is 21.0. The van der Waals surface area contributed by atoms with Crippen LogP contribution >= 0.6 is 11.3 Å². The summed E-state index contributed by atoms with van der Waals surface area (Å²) < 4.78 is 2.48. The van der Waals surface area contributed by atoms with Gasteiger partial charge in [0, 0.05) is 53.2 Å². The minimum absolute atomic E-state index is 0.828. The van der Waals surface area contributed by atoms with E-state index >= 15 is 0 Å². The first-order valence-corrected chi connectivity index (χ1v) is 17.1. The highest BCUT2D eigenvalue weighted by atomic mass is 32.1. The lowest BCUT2D eigenvalue weighted by atomic mass is 10.0. The fraction of sp³-hybridized carbons (Fsp3) is 0. The van der Waals surface area contributed by atoms with Crippen molar-refractivity contribution >= 4 is 64.3 Å². The van der Waals surface area contributed by atoms with Gasteiger partial charge in [0.1, 0.15) is 0 Å². The molecule has 0 spiro atoms. The van der Waals surface area contributed by atoms with Gasteiger partial charge in [-0.05, 0) is 30.3 Å². The second-order valence-electron chi connectivity index (χ2n) is 12.2. The maximum atomic E-state index is 5.39. The van der Waals surface area contributed by atoms with Gasteiger partial charge in [0.15, 0.2) is 0 Å². The predicted molar refractivity (Wildman–Crippen MR) is 205 cm³/mol. The Hall–Kier alpha value is -6.30. The Balaban J connectivity index is 1.16. The van der Waals surface area contributed by atoms with E-state index in [0.717, 1.165) is 77.9 Å². The average molecular weight is 643 g/mol. The molecule has 5 heteroatoms. The highest BCUT2D eigenvalue weighted by Gasteiger charge is 2.18. The Morgan fingerprint density at radius 1 is 0.388 bits per heavy atom. The van der Waals surface area contributed by atoms with Crippen molar-refractivity contribution in [3.63, 3.8) is 0 Å². The van der Waals surface area contributed by atoms with Crippen molar-refractivity contribution in [2.24, 2.45) is 0 Å². The van der Waals surface area contributed by atoms with Crippen LogP contribution in [0.3, 0.4) is 0 Å². The molecular weight excluding hydrogens is 617 g/mol. The number of rotatable bonds is 4. The zero-order valence-corrected chi connectivity index (χ0v) is 27.0. The molecule has 6 aromatic carbocycles. The van der Waals surface area contributed by atoms with Crippen molar-refractivity contribution in [3.05, 3.63) is 158 Å². The second kappa shape index (κ2) is 11.2. The normalized spacial score (nSPS) is 11.7. The van der Waals surface area contributed by atoms with Gasteiger partial charge in [-0.3, -0.25) is 0 Å². The van der Waals surface area contributed by atoms with Crippen LogP contribution in [0.2, 0.25) is 0 Å². The zero-order chi connectivity index (χ0) is 32.3. The van der Waals surface area contributed by atoms with E-state index in [-0.39, 0.29) is 0 Å². The largest absolute Gasteiger partial charge is 0.245 e. The summed E-state index contributed by atoms with van der Waals surface area (Å²) in [5, 5.41) is 4.63. The van der Waals surface area contributed by atoms with Crippen molar-refractivity contribution in [1.29, 1.82) is 0 Å². The van der Waals surface area contributed by atoms with Crippen molar-refractivity contribution in [2.75, 3.05) is 0 Å². The number of nitrogens with zero attached hydrogens (tertiary/aromatic N) is 4. The third-order valence-electron chi connectivity index (χ3n) is 9.26. The van der Waals surface area contributed by atoms with Crippen LogP contribution in [0.15, 0.2) is 158 Å². The van der Waals surface area contributed by atoms with E-state index in [9.17, 15) is 0 Å². The molecule has 0 aliphatic rings. The molecule has 0 saturated heterocycles. The fourth-order valence-electron chi connectivity index (χ4n) is 6.83. The number of thiophene rings is 1. The zero-order valence-electron chi connectivity index (χ0n) is 26.2. The fourth-order valence-corrected chi connectivity index (χ4v) is 8.05. The summed E-state index contributed by atoms with van der Waals surface area (Å²) in [6.45, 7) is 0. The van der Waals surface area contributed by atoms with Gasteiger partial charge in [0.2, 0.25) is 0 Å². The maximum absolute atomic E-state index is 5.39. The molecule has 0 bridgehead atoms. The Kier molecular flexibility index (Phi) is 6.32. The Morgan fingerprint density at radius 2 is 1.00 bits per heavy atom. The first kappa shape index (κ1) is 27.8. The molecule has 4 aromatic heterocycles. The standard InChI is InChI=1S/C44H26N4S/c1-3-10-27(11-4-1)35-23-20-29-18-19-30-21-24-36(46-41(30)40(29)45-35)31-22-25-37-38(26-31)48-43(42(47-37)28-12-5-2-6-13-28)34-16-9-15-33-32-14-7-8-17-39(32)49-44(33)34/h1-26H. The molecule has 0 aliphatic heterocycles. The maximum Gasteiger partial charge on any atom is 0.0987 e. The van der Waals surface area contributed by atoms with Gasteiger partial charge in [0.25, 0.3) is 0 Å². The lowest BCUT2D eigenvalue weighted by Gasteiger charge is -2.12. The Morgan fingerprint density at radius 3 is 1.76 bits per heavy atom. The van der Waals surface area contributed by atoms with Gasteiger partial charge in [0.05, 0.1) is 44.8 Å². The molecule has 49 heavy (non-hydrogen) atoms. The second-order valence-corrected chi connectivity index (χ2v) is 13.3. The Bertz CT molecular complexity index is 2880. The van der Waals surface area contributed by atoms with E-state index in [4.69, 9.17) is 19.9 Å². The number of aromatic nitrogens is 4. The van der Waals surface area contributed by atoms with Crippen LogP contribution in [-0.4, -0.2) is 19.9 Å². The number of fused-ring (bicyclic) bond motifs is 7. The highest BCUT2D eigenvalue weighted by molar-refractivity contribution is 7.26.